The summed E-state index contributed by atoms with van der Waals surface area (Å²) >= 11 is 0. The lowest BCUT2D eigenvalue weighted by atomic mass is 10.2. The van der Waals surface area contributed by atoms with Crippen LogP contribution in [0.2, 0.25) is 0 Å². The van der Waals surface area contributed by atoms with Gasteiger partial charge in [-0.05, 0) is 0 Å². The summed E-state index contributed by atoms with van der Waals surface area (Å²) in [6.07, 6.45) is 0.562. The lowest BCUT2D eigenvalue weighted by Gasteiger charge is -2.15. The molecule has 102 valence electrons. The van der Waals surface area contributed by atoms with E-state index in [-0.39, 0.29) is 13.0 Å². The van der Waals surface area contributed by atoms with Gasteiger partial charge in [0, 0.05) is 13.5 Å². The number of aromatic nitrogens is 4. The van der Waals surface area contributed by atoms with Gasteiger partial charge in [-0.1, -0.05) is 0 Å². The van der Waals surface area contributed by atoms with E-state index in [0.717, 1.165) is 0 Å². The Kier molecular flexibility index (Phi) is 3.03. The van der Waals surface area contributed by atoms with Gasteiger partial charge >= 0.3 is 0 Å². The summed E-state index contributed by atoms with van der Waals surface area (Å²) in [4.78, 5) is 12.3. The number of rotatable bonds is 3. The third kappa shape index (κ3) is 1.92. The van der Waals surface area contributed by atoms with Crippen LogP contribution in [0.5, 0.6) is 0 Å². The summed E-state index contributed by atoms with van der Waals surface area (Å²) in [5.41, 5.74) is 1.07. The van der Waals surface area contributed by atoms with E-state index >= 15 is 0 Å². The number of nitrogens with one attached hydrogen (secondary N) is 1. The van der Waals surface area contributed by atoms with E-state index in [2.05, 4.69) is 20.3 Å². The predicted octanol–water partition coefficient (Wildman–Crippen LogP) is 0.486. The molecule has 2 aromatic rings. The second-order valence-electron chi connectivity index (χ2n) is 4.38. The van der Waals surface area contributed by atoms with Crippen molar-refractivity contribution in [2.24, 2.45) is 0 Å². The van der Waals surface area contributed by atoms with E-state index in [0.29, 0.717) is 17.0 Å². The van der Waals surface area contributed by atoms with Gasteiger partial charge in [0.25, 0.3) is 0 Å². The summed E-state index contributed by atoms with van der Waals surface area (Å²) in [5.74, 6) is 0.580. The Hall–Kier alpha value is -1.80. The van der Waals surface area contributed by atoms with Crippen LogP contribution in [0.3, 0.4) is 0 Å². The van der Waals surface area contributed by atoms with Gasteiger partial charge in [-0.15, -0.1) is 0 Å². The highest BCUT2D eigenvalue weighted by Crippen LogP contribution is 2.33. The average Bonchev–Trinajstić information content (AvgIpc) is 3.01. The van der Waals surface area contributed by atoms with Crippen LogP contribution < -0.4 is 5.32 Å². The molecule has 8 heteroatoms. The van der Waals surface area contributed by atoms with Crippen molar-refractivity contribution in [3.63, 3.8) is 0 Å². The molecule has 3 heterocycles. The maximum absolute atomic E-state index is 14.0. The Bertz CT molecular complexity index is 589. The predicted molar refractivity (Wildman–Crippen MR) is 65.4 cm³/mol. The molecule has 0 aromatic carbocycles. The molecule has 1 aliphatic heterocycles. The monoisotopic (exact) mass is 267 g/mol. The van der Waals surface area contributed by atoms with Crippen LogP contribution in [-0.2, 0) is 4.74 Å². The fraction of sp³-hybridized carbons (Fsp3) is 0.545. The molecule has 3 rings (SSSR count). The van der Waals surface area contributed by atoms with Crippen LogP contribution in [-0.4, -0.2) is 50.6 Å². The second kappa shape index (κ2) is 4.71. The van der Waals surface area contributed by atoms with Crippen molar-refractivity contribution >= 4 is 17.0 Å². The van der Waals surface area contributed by atoms with Gasteiger partial charge in [-0.3, -0.25) is 4.57 Å². The molecule has 3 atom stereocenters. The number of aliphatic hydroxyl groups is 1. The van der Waals surface area contributed by atoms with Gasteiger partial charge in [-0.2, -0.15) is 0 Å². The van der Waals surface area contributed by atoms with Crippen LogP contribution >= 0.6 is 0 Å². The molecule has 1 saturated heterocycles. The minimum absolute atomic E-state index is 0.171. The van der Waals surface area contributed by atoms with Gasteiger partial charge in [0.05, 0.1) is 19.0 Å². The zero-order valence-electron chi connectivity index (χ0n) is 10.3. The number of alkyl halides is 1. The highest BCUT2D eigenvalue weighted by Gasteiger charge is 2.37. The van der Waals surface area contributed by atoms with Crippen molar-refractivity contribution in [2.45, 2.75) is 24.9 Å². The zero-order chi connectivity index (χ0) is 13.4. The summed E-state index contributed by atoms with van der Waals surface area (Å²) in [7, 11) is 1.73. The third-order valence-electron chi connectivity index (χ3n) is 3.20. The first kappa shape index (κ1) is 12.2. The normalized spacial score (nSPS) is 27.0. The number of nitrogens with zero attached hydrogens (tertiary/aromatic N) is 4. The van der Waals surface area contributed by atoms with Crippen LogP contribution in [0.15, 0.2) is 12.7 Å². The first-order valence-electron chi connectivity index (χ1n) is 6.00. The van der Waals surface area contributed by atoms with Gasteiger partial charge in [0.1, 0.15) is 18.0 Å². The van der Waals surface area contributed by atoms with Crippen molar-refractivity contribution in [1.29, 1.82) is 0 Å². The average molecular weight is 267 g/mol. The molecule has 0 aliphatic carbocycles. The number of hydrogen-bond acceptors (Lipinski definition) is 6. The van der Waals surface area contributed by atoms with Crippen LogP contribution in [0.25, 0.3) is 11.2 Å². The molecular formula is C11H14FN5O2. The van der Waals surface area contributed by atoms with E-state index in [1.165, 1.54) is 17.2 Å². The lowest BCUT2D eigenvalue weighted by Crippen LogP contribution is -2.16. The minimum Gasteiger partial charge on any atom is -0.394 e. The number of aliphatic hydroxyl groups excluding tert-OH is 1. The SMILES string of the molecule is CNc1ncnc2c1ncn2[C@@H]1OC(CO)C[C@@H]1F. The smallest absolute Gasteiger partial charge is 0.168 e. The molecule has 2 aromatic heterocycles. The van der Waals surface area contributed by atoms with E-state index < -0.39 is 18.5 Å². The Morgan fingerprint density at radius 3 is 3.05 bits per heavy atom. The fourth-order valence-electron chi connectivity index (χ4n) is 2.28. The number of anilines is 1. The molecule has 7 nitrogen and oxygen atoms in total. The van der Waals surface area contributed by atoms with Gasteiger partial charge in [0.2, 0.25) is 0 Å². The van der Waals surface area contributed by atoms with Crippen molar-refractivity contribution in [2.75, 3.05) is 19.0 Å². The van der Waals surface area contributed by atoms with Crippen molar-refractivity contribution in [3.05, 3.63) is 12.7 Å². The number of ether oxygens (including phenoxy) is 1. The molecule has 0 spiro atoms. The summed E-state index contributed by atoms with van der Waals surface area (Å²) in [6, 6.07) is 0. The van der Waals surface area contributed by atoms with Crippen LogP contribution in [0.4, 0.5) is 10.2 Å². The fourth-order valence-corrected chi connectivity index (χ4v) is 2.28. The number of fused-ring (bicyclic) bond motifs is 1. The molecule has 1 fully saturated rings. The highest BCUT2D eigenvalue weighted by molar-refractivity contribution is 5.82. The van der Waals surface area contributed by atoms with Crippen LogP contribution in [0, 0.1) is 0 Å². The molecule has 19 heavy (non-hydrogen) atoms. The molecule has 0 bridgehead atoms. The molecule has 1 aliphatic rings. The number of hydrogen-bond donors (Lipinski definition) is 2. The van der Waals surface area contributed by atoms with Gasteiger partial charge in [-0.25, -0.2) is 19.3 Å². The van der Waals surface area contributed by atoms with E-state index in [4.69, 9.17) is 9.84 Å². The van der Waals surface area contributed by atoms with Crippen molar-refractivity contribution in [1.82, 2.24) is 19.5 Å². The van der Waals surface area contributed by atoms with Crippen molar-refractivity contribution in [3.8, 4) is 0 Å². The number of imidazole rings is 1. The maximum Gasteiger partial charge on any atom is 0.168 e. The first-order chi connectivity index (χ1) is 9.24. The Labute approximate surface area is 108 Å². The third-order valence-corrected chi connectivity index (χ3v) is 3.20. The maximum atomic E-state index is 14.0. The number of halogens is 1. The molecular weight excluding hydrogens is 253 g/mol. The zero-order valence-corrected chi connectivity index (χ0v) is 10.3. The molecule has 2 N–H and O–H groups in total. The first-order valence-corrected chi connectivity index (χ1v) is 6.00. The second-order valence-corrected chi connectivity index (χ2v) is 4.38. The largest absolute Gasteiger partial charge is 0.394 e. The van der Waals surface area contributed by atoms with Gasteiger partial charge in [0.15, 0.2) is 17.7 Å². The Morgan fingerprint density at radius 2 is 2.37 bits per heavy atom. The van der Waals surface area contributed by atoms with Crippen molar-refractivity contribution < 1.29 is 14.2 Å². The Morgan fingerprint density at radius 1 is 1.53 bits per heavy atom. The summed E-state index contributed by atoms with van der Waals surface area (Å²) in [6.45, 7) is -0.194. The molecule has 0 amide bonds. The topological polar surface area (TPSA) is 85.1 Å². The quantitative estimate of drug-likeness (QED) is 0.841. The highest BCUT2D eigenvalue weighted by atomic mass is 19.1. The molecule has 0 saturated carbocycles. The van der Waals surface area contributed by atoms with E-state index in [1.807, 2.05) is 0 Å². The van der Waals surface area contributed by atoms with E-state index in [1.54, 1.807) is 7.05 Å². The molecule has 1 unspecified atom stereocenters. The lowest BCUT2D eigenvalue weighted by molar-refractivity contribution is -0.0351. The molecule has 0 radical (unpaired) electrons. The summed E-state index contributed by atoms with van der Waals surface area (Å²) in [5, 5.41) is 11.9. The van der Waals surface area contributed by atoms with Crippen LogP contribution in [0.1, 0.15) is 12.6 Å². The standard InChI is InChI=1S/C11H14FN5O2/c1-13-9-8-10(15-4-14-9)17(5-16-8)11-7(12)2-6(3-18)19-11/h4-7,11,18H,2-3H2,1H3,(H,13,14,15)/t6?,7-,11+/m0/s1. The van der Waals surface area contributed by atoms with Gasteiger partial charge < -0.3 is 15.2 Å². The summed E-state index contributed by atoms with van der Waals surface area (Å²) < 4.78 is 21.0. The minimum atomic E-state index is -1.19. The van der Waals surface area contributed by atoms with E-state index in [9.17, 15) is 4.39 Å². The Balaban J connectivity index is 2.02.